The van der Waals surface area contributed by atoms with Crippen LogP contribution in [0.25, 0.3) is 0 Å². The van der Waals surface area contributed by atoms with E-state index in [4.69, 9.17) is 10.5 Å². The van der Waals surface area contributed by atoms with Crippen molar-refractivity contribution in [2.45, 2.75) is 0 Å². The number of nitrogens with two attached hydrogens (primary N) is 1. The van der Waals surface area contributed by atoms with Crippen molar-refractivity contribution in [3.8, 4) is 5.75 Å². The molecule has 0 bridgehead atoms. The van der Waals surface area contributed by atoms with Crippen LogP contribution in [-0.2, 0) is 0 Å². The van der Waals surface area contributed by atoms with Crippen molar-refractivity contribution < 1.29 is 13.9 Å². The summed E-state index contributed by atoms with van der Waals surface area (Å²) >= 11 is 0. The number of urea groups is 1. The second kappa shape index (κ2) is 5.92. The molecule has 0 fully saturated rings. The van der Waals surface area contributed by atoms with Gasteiger partial charge in [-0.1, -0.05) is 6.07 Å². The summed E-state index contributed by atoms with van der Waals surface area (Å²) in [6, 6.07) is 9.99. The number of nitrogens with one attached hydrogen (secondary N) is 2. The zero-order valence-electron chi connectivity index (χ0n) is 10.8. The van der Waals surface area contributed by atoms with Crippen LogP contribution < -0.4 is 21.1 Å². The first-order valence-corrected chi connectivity index (χ1v) is 5.85. The number of carbonyl (C=O) groups excluding carboxylic acids is 1. The van der Waals surface area contributed by atoms with Crippen molar-refractivity contribution in [3.05, 3.63) is 48.3 Å². The first-order chi connectivity index (χ1) is 9.58. The fraction of sp³-hybridized carbons (Fsp3) is 0.0714. The van der Waals surface area contributed by atoms with Crippen LogP contribution in [0.4, 0.5) is 26.2 Å². The van der Waals surface area contributed by atoms with Crippen molar-refractivity contribution in [3.63, 3.8) is 0 Å². The molecule has 6 heteroatoms. The predicted octanol–water partition coefficient (Wildman–Crippen LogP) is 3.06. The molecule has 0 saturated carbocycles. The number of rotatable bonds is 3. The molecule has 0 aromatic heterocycles. The van der Waals surface area contributed by atoms with Gasteiger partial charge in [0.2, 0.25) is 0 Å². The number of ether oxygens (including phenoxy) is 1. The Labute approximate surface area is 115 Å². The van der Waals surface area contributed by atoms with E-state index in [1.807, 2.05) is 0 Å². The molecule has 0 aliphatic carbocycles. The zero-order valence-corrected chi connectivity index (χ0v) is 10.8. The van der Waals surface area contributed by atoms with E-state index in [1.165, 1.54) is 25.3 Å². The van der Waals surface area contributed by atoms with E-state index in [-0.39, 0.29) is 0 Å². The highest BCUT2D eigenvalue weighted by Crippen LogP contribution is 2.24. The maximum Gasteiger partial charge on any atom is 0.323 e. The minimum absolute atomic E-state index is 0.356. The maximum absolute atomic E-state index is 13.0. The molecule has 4 N–H and O–H groups in total. The van der Waals surface area contributed by atoms with Crippen molar-refractivity contribution in [2.24, 2.45) is 0 Å². The number of amides is 2. The Morgan fingerprint density at radius 3 is 2.65 bits per heavy atom. The van der Waals surface area contributed by atoms with Gasteiger partial charge in [-0.2, -0.15) is 0 Å². The molecule has 0 aliphatic heterocycles. The Hall–Kier alpha value is -2.76. The topological polar surface area (TPSA) is 76.4 Å². The highest BCUT2D eigenvalue weighted by molar-refractivity contribution is 6.01. The lowest BCUT2D eigenvalue weighted by Gasteiger charge is -2.10. The Bertz CT molecular complexity index is 632. The summed E-state index contributed by atoms with van der Waals surface area (Å²) < 4.78 is 18.0. The summed E-state index contributed by atoms with van der Waals surface area (Å²) in [6.07, 6.45) is 0. The Morgan fingerprint density at radius 2 is 2.00 bits per heavy atom. The van der Waals surface area contributed by atoms with Gasteiger partial charge in [-0.25, -0.2) is 9.18 Å². The number of halogens is 1. The summed E-state index contributed by atoms with van der Waals surface area (Å²) in [5, 5.41) is 5.09. The first kappa shape index (κ1) is 13.7. The number of benzene rings is 2. The molecular formula is C14H14FN3O2. The molecule has 104 valence electrons. The van der Waals surface area contributed by atoms with Crippen molar-refractivity contribution in [1.29, 1.82) is 0 Å². The van der Waals surface area contributed by atoms with Gasteiger partial charge in [0.15, 0.2) is 0 Å². The van der Waals surface area contributed by atoms with Crippen LogP contribution in [-0.4, -0.2) is 13.1 Å². The van der Waals surface area contributed by atoms with Crippen molar-refractivity contribution >= 4 is 23.1 Å². The van der Waals surface area contributed by atoms with Crippen LogP contribution >= 0.6 is 0 Å². The smallest absolute Gasteiger partial charge is 0.323 e. The first-order valence-electron chi connectivity index (χ1n) is 5.85. The number of carbonyl (C=O) groups is 1. The Morgan fingerprint density at radius 1 is 1.20 bits per heavy atom. The number of hydrogen-bond acceptors (Lipinski definition) is 3. The molecule has 0 saturated heterocycles. The number of methoxy groups -OCH3 is 1. The lowest BCUT2D eigenvalue weighted by atomic mass is 10.2. The molecule has 2 rings (SSSR count). The van der Waals surface area contributed by atoms with E-state index >= 15 is 0 Å². The average molecular weight is 275 g/mol. The summed E-state index contributed by atoms with van der Waals surface area (Å²) in [5.74, 6) is 0.172. The average Bonchev–Trinajstić information content (AvgIpc) is 2.41. The second-order valence-electron chi connectivity index (χ2n) is 4.04. The molecule has 0 unspecified atom stereocenters. The molecule has 5 nitrogen and oxygen atoms in total. The fourth-order valence-electron chi connectivity index (χ4n) is 1.63. The summed E-state index contributed by atoms with van der Waals surface area (Å²) in [7, 11) is 1.53. The van der Waals surface area contributed by atoms with Crippen LogP contribution in [0.1, 0.15) is 0 Å². The van der Waals surface area contributed by atoms with Gasteiger partial charge in [-0.15, -0.1) is 0 Å². The maximum atomic E-state index is 13.0. The Balaban J connectivity index is 2.05. The van der Waals surface area contributed by atoms with Gasteiger partial charge in [0.05, 0.1) is 18.5 Å². The largest absolute Gasteiger partial charge is 0.497 e. The summed E-state index contributed by atoms with van der Waals surface area (Å²) in [6.45, 7) is 0. The van der Waals surface area contributed by atoms with Crippen molar-refractivity contribution in [2.75, 3.05) is 23.5 Å². The van der Waals surface area contributed by atoms with Gasteiger partial charge >= 0.3 is 6.03 Å². The molecule has 2 aromatic rings. The monoisotopic (exact) mass is 275 g/mol. The molecule has 0 heterocycles. The molecule has 20 heavy (non-hydrogen) atoms. The van der Waals surface area contributed by atoms with Gasteiger partial charge < -0.3 is 21.1 Å². The van der Waals surface area contributed by atoms with Crippen LogP contribution in [0.3, 0.4) is 0 Å². The van der Waals surface area contributed by atoms with E-state index < -0.39 is 11.8 Å². The van der Waals surface area contributed by atoms with Gasteiger partial charge in [-0.05, 0) is 30.3 Å². The highest BCUT2D eigenvalue weighted by Gasteiger charge is 2.06. The van der Waals surface area contributed by atoms with E-state index in [1.54, 1.807) is 24.3 Å². The lowest BCUT2D eigenvalue weighted by molar-refractivity contribution is 0.262. The van der Waals surface area contributed by atoms with E-state index in [0.717, 1.165) is 0 Å². The van der Waals surface area contributed by atoms with Crippen LogP contribution in [0.5, 0.6) is 5.75 Å². The van der Waals surface area contributed by atoms with Crippen LogP contribution in [0.15, 0.2) is 42.5 Å². The standard InChI is InChI=1S/C14H14FN3O2/c1-20-11-5-6-13(12(16)8-11)18-14(19)17-10-4-2-3-9(15)7-10/h2-8H,16H2,1H3,(H2,17,18,19). The predicted molar refractivity (Wildman–Crippen MR) is 76.4 cm³/mol. The third kappa shape index (κ3) is 3.38. The third-order valence-corrected chi connectivity index (χ3v) is 2.59. The van der Waals surface area contributed by atoms with Crippen LogP contribution in [0, 0.1) is 5.82 Å². The molecule has 0 radical (unpaired) electrons. The molecule has 0 atom stereocenters. The normalized spacial score (nSPS) is 9.90. The molecule has 0 spiro atoms. The molecule has 0 aliphatic rings. The minimum atomic E-state index is -0.507. The Kier molecular flexibility index (Phi) is 4.05. The van der Waals surface area contributed by atoms with Gasteiger partial charge in [0.25, 0.3) is 0 Å². The number of anilines is 3. The fourth-order valence-corrected chi connectivity index (χ4v) is 1.63. The van der Waals surface area contributed by atoms with Gasteiger partial charge in [-0.3, -0.25) is 0 Å². The number of nitrogen functional groups attached to an aromatic ring is 1. The minimum Gasteiger partial charge on any atom is -0.497 e. The SMILES string of the molecule is COc1ccc(NC(=O)Nc2cccc(F)c2)c(N)c1. The van der Waals surface area contributed by atoms with Crippen LogP contribution in [0.2, 0.25) is 0 Å². The highest BCUT2D eigenvalue weighted by atomic mass is 19.1. The molecule has 2 amide bonds. The van der Waals surface area contributed by atoms with E-state index in [0.29, 0.717) is 22.8 Å². The second-order valence-corrected chi connectivity index (χ2v) is 4.04. The van der Waals surface area contributed by atoms with Crippen molar-refractivity contribution in [1.82, 2.24) is 0 Å². The lowest BCUT2D eigenvalue weighted by Crippen LogP contribution is -2.20. The summed E-state index contributed by atoms with van der Waals surface area (Å²) in [4.78, 5) is 11.8. The third-order valence-electron chi connectivity index (χ3n) is 2.59. The quantitative estimate of drug-likeness (QED) is 0.753. The van der Waals surface area contributed by atoms with Gasteiger partial charge in [0.1, 0.15) is 11.6 Å². The molecular weight excluding hydrogens is 261 g/mol. The number of hydrogen-bond donors (Lipinski definition) is 3. The zero-order chi connectivity index (χ0) is 14.5. The van der Waals surface area contributed by atoms with Gasteiger partial charge in [0, 0.05) is 11.8 Å². The molecule has 2 aromatic carbocycles. The summed E-state index contributed by atoms with van der Waals surface area (Å²) in [5.41, 5.74) is 6.95. The van der Waals surface area contributed by atoms with E-state index in [9.17, 15) is 9.18 Å². The van der Waals surface area contributed by atoms with E-state index in [2.05, 4.69) is 10.6 Å².